The van der Waals surface area contributed by atoms with E-state index in [-0.39, 0.29) is 6.42 Å². The third-order valence-electron chi connectivity index (χ3n) is 3.44. The first-order valence-corrected chi connectivity index (χ1v) is 5.17. The van der Waals surface area contributed by atoms with Crippen LogP contribution in [0.4, 0.5) is 8.78 Å². The number of halogens is 2. The predicted molar refractivity (Wildman–Crippen MR) is 58.3 cm³/mol. The number of fused-ring (bicyclic) bond motifs is 1. The molecule has 2 N–H and O–H groups in total. The van der Waals surface area contributed by atoms with Crippen molar-refractivity contribution < 1.29 is 8.78 Å². The summed E-state index contributed by atoms with van der Waals surface area (Å²) in [5, 5.41) is 0.824. The summed E-state index contributed by atoms with van der Waals surface area (Å²) in [6.45, 7) is 0. The van der Waals surface area contributed by atoms with Crippen LogP contribution in [-0.2, 0) is 12.6 Å². The van der Waals surface area contributed by atoms with E-state index in [0.29, 0.717) is 5.56 Å². The Balaban J connectivity index is 2.26. The third kappa shape index (κ3) is 1.02. The van der Waals surface area contributed by atoms with Crippen LogP contribution in [0.5, 0.6) is 0 Å². The fourth-order valence-corrected chi connectivity index (χ4v) is 2.29. The van der Waals surface area contributed by atoms with E-state index in [1.165, 1.54) is 0 Å². The van der Waals surface area contributed by atoms with E-state index in [1.807, 2.05) is 29.9 Å². The molecule has 0 saturated heterocycles. The Bertz CT molecular complexity index is 573. The van der Waals surface area contributed by atoms with Gasteiger partial charge in [-0.1, -0.05) is 12.1 Å². The minimum Gasteiger partial charge on any atom is -0.351 e. The van der Waals surface area contributed by atoms with E-state index in [1.54, 1.807) is 12.1 Å². The second kappa shape index (κ2) is 2.63. The fraction of sp³-hybridized carbons (Fsp3) is 0.333. The van der Waals surface area contributed by atoms with Crippen LogP contribution in [0.1, 0.15) is 12.0 Å². The average Bonchev–Trinajstić information content (AvgIpc) is 2.57. The van der Waals surface area contributed by atoms with Crippen molar-refractivity contribution in [3.05, 3.63) is 36.0 Å². The van der Waals surface area contributed by atoms with E-state index in [9.17, 15) is 8.78 Å². The van der Waals surface area contributed by atoms with Crippen LogP contribution in [-0.4, -0.2) is 10.5 Å². The first-order valence-electron chi connectivity index (χ1n) is 5.17. The average molecular weight is 222 g/mol. The van der Waals surface area contributed by atoms with Crippen LogP contribution in [0.3, 0.4) is 0 Å². The maximum atomic E-state index is 13.3. The SMILES string of the molecule is Cn1ccc2c(C3(N)CC3(F)F)cccc21. The standard InChI is InChI=1S/C12H12F2N2/c1-16-6-5-8-9(3-2-4-10(8)16)11(15)7-12(11,13)14/h2-6H,7,15H2,1H3. The monoisotopic (exact) mass is 222 g/mol. The van der Waals surface area contributed by atoms with E-state index in [2.05, 4.69) is 0 Å². The number of nitrogens with zero attached hydrogens (tertiary/aromatic N) is 1. The highest BCUT2D eigenvalue weighted by Gasteiger charge is 2.70. The molecule has 0 spiro atoms. The molecule has 0 aliphatic heterocycles. The maximum absolute atomic E-state index is 13.3. The van der Waals surface area contributed by atoms with Gasteiger partial charge >= 0.3 is 0 Å². The number of rotatable bonds is 1. The van der Waals surface area contributed by atoms with Gasteiger partial charge in [0.15, 0.2) is 0 Å². The first kappa shape index (κ1) is 9.78. The van der Waals surface area contributed by atoms with Crippen molar-refractivity contribution in [2.75, 3.05) is 0 Å². The Hall–Kier alpha value is -1.42. The number of aryl methyl sites for hydroxylation is 1. The lowest BCUT2D eigenvalue weighted by molar-refractivity contribution is 0.0894. The van der Waals surface area contributed by atoms with E-state index >= 15 is 0 Å². The summed E-state index contributed by atoms with van der Waals surface area (Å²) in [7, 11) is 1.89. The third-order valence-corrected chi connectivity index (χ3v) is 3.44. The lowest BCUT2D eigenvalue weighted by atomic mass is 10.0. The second-order valence-corrected chi connectivity index (χ2v) is 4.52. The minimum absolute atomic E-state index is 0.256. The van der Waals surface area contributed by atoms with Crippen molar-refractivity contribution in [1.82, 2.24) is 4.57 Å². The number of benzene rings is 1. The molecule has 1 fully saturated rings. The van der Waals surface area contributed by atoms with E-state index in [4.69, 9.17) is 5.73 Å². The molecule has 1 aromatic carbocycles. The molecule has 1 unspecified atom stereocenters. The summed E-state index contributed by atoms with van der Waals surface area (Å²) in [5.41, 5.74) is 5.78. The van der Waals surface area contributed by atoms with Crippen molar-refractivity contribution in [3.8, 4) is 0 Å². The van der Waals surface area contributed by atoms with Crippen molar-refractivity contribution in [2.45, 2.75) is 17.9 Å². The van der Waals surface area contributed by atoms with Crippen LogP contribution < -0.4 is 5.73 Å². The van der Waals surface area contributed by atoms with Crippen LogP contribution in [0.25, 0.3) is 10.9 Å². The summed E-state index contributed by atoms with van der Waals surface area (Å²) in [6, 6.07) is 7.22. The van der Waals surface area contributed by atoms with E-state index in [0.717, 1.165) is 10.9 Å². The molecular weight excluding hydrogens is 210 g/mol. The smallest absolute Gasteiger partial charge is 0.272 e. The number of nitrogens with two attached hydrogens (primary N) is 1. The van der Waals surface area contributed by atoms with Crippen LogP contribution in [0.2, 0.25) is 0 Å². The van der Waals surface area contributed by atoms with Gasteiger partial charge in [-0.05, 0) is 17.7 Å². The molecular formula is C12H12F2N2. The van der Waals surface area contributed by atoms with Gasteiger partial charge in [-0.15, -0.1) is 0 Å². The number of aromatic nitrogens is 1. The molecule has 1 heterocycles. The highest BCUT2D eigenvalue weighted by molar-refractivity contribution is 5.85. The lowest BCUT2D eigenvalue weighted by Gasteiger charge is -2.12. The topological polar surface area (TPSA) is 30.9 Å². The molecule has 1 saturated carbocycles. The molecule has 0 radical (unpaired) electrons. The Labute approximate surface area is 91.7 Å². The molecule has 2 aromatic rings. The second-order valence-electron chi connectivity index (χ2n) is 4.52. The molecule has 1 aliphatic carbocycles. The molecule has 2 nitrogen and oxygen atoms in total. The Kier molecular flexibility index (Phi) is 1.61. The lowest BCUT2D eigenvalue weighted by Crippen LogP contribution is -2.27. The van der Waals surface area contributed by atoms with Gasteiger partial charge in [-0.2, -0.15) is 0 Å². The van der Waals surface area contributed by atoms with Gasteiger partial charge in [-0.3, -0.25) is 0 Å². The molecule has 16 heavy (non-hydrogen) atoms. The maximum Gasteiger partial charge on any atom is 0.272 e. The molecule has 1 atom stereocenters. The molecule has 0 amide bonds. The Morgan fingerprint density at radius 2 is 2.00 bits per heavy atom. The van der Waals surface area contributed by atoms with E-state index < -0.39 is 11.5 Å². The molecule has 1 aromatic heterocycles. The van der Waals surface area contributed by atoms with Crippen LogP contribution >= 0.6 is 0 Å². The number of hydrogen-bond donors (Lipinski definition) is 1. The number of alkyl halides is 2. The summed E-state index contributed by atoms with van der Waals surface area (Å²) in [6.07, 6.45) is 1.60. The zero-order valence-electron chi connectivity index (χ0n) is 8.87. The zero-order valence-corrected chi connectivity index (χ0v) is 8.87. The van der Waals surface area contributed by atoms with Crippen LogP contribution in [0, 0.1) is 0 Å². The van der Waals surface area contributed by atoms with Gasteiger partial charge in [0.25, 0.3) is 5.92 Å². The van der Waals surface area contributed by atoms with Crippen molar-refractivity contribution >= 4 is 10.9 Å². The molecule has 4 heteroatoms. The van der Waals surface area contributed by atoms with Crippen molar-refractivity contribution in [3.63, 3.8) is 0 Å². The first-order chi connectivity index (χ1) is 7.46. The van der Waals surface area contributed by atoms with Gasteiger partial charge in [0.1, 0.15) is 5.54 Å². The van der Waals surface area contributed by atoms with Crippen molar-refractivity contribution in [2.24, 2.45) is 12.8 Å². The molecule has 3 rings (SSSR count). The minimum atomic E-state index is -2.77. The van der Waals surface area contributed by atoms with Crippen LogP contribution in [0.15, 0.2) is 30.5 Å². The summed E-state index contributed by atoms with van der Waals surface area (Å²) in [4.78, 5) is 0. The molecule has 0 bridgehead atoms. The van der Waals surface area contributed by atoms with Gasteiger partial charge in [0.05, 0.1) is 0 Å². The summed E-state index contributed by atoms with van der Waals surface area (Å²) < 4.78 is 28.4. The van der Waals surface area contributed by atoms with Gasteiger partial charge < -0.3 is 10.3 Å². The highest BCUT2D eigenvalue weighted by atomic mass is 19.3. The highest BCUT2D eigenvalue weighted by Crippen LogP contribution is 2.58. The zero-order chi connectivity index (χ0) is 11.6. The Morgan fingerprint density at radius 3 is 2.62 bits per heavy atom. The predicted octanol–water partition coefficient (Wildman–Crippen LogP) is 2.37. The van der Waals surface area contributed by atoms with Gasteiger partial charge in [-0.25, -0.2) is 8.78 Å². The Morgan fingerprint density at radius 1 is 1.31 bits per heavy atom. The molecule has 84 valence electrons. The quantitative estimate of drug-likeness (QED) is 0.789. The van der Waals surface area contributed by atoms with Gasteiger partial charge in [0.2, 0.25) is 0 Å². The number of hydrogen-bond acceptors (Lipinski definition) is 1. The fourth-order valence-electron chi connectivity index (χ4n) is 2.29. The van der Waals surface area contributed by atoms with Gasteiger partial charge in [0, 0.05) is 30.6 Å². The summed E-state index contributed by atoms with van der Waals surface area (Å²) in [5.74, 6) is -2.77. The molecule has 1 aliphatic rings. The largest absolute Gasteiger partial charge is 0.351 e. The normalized spacial score (nSPS) is 27.2. The summed E-state index contributed by atoms with van der Waals surface area (Å²) >= 11 is 0. The van der Waals surface area contributed by atoms with Crippen molar-refractivity contribution in [1.29, 1.82) is 0 Å².